The third-order valence-corrected chi connectivity index (χ3v) is 4.93. The van der Waals surface area contributed by atoms with E-state index in [-0.39, 0.29) is 12.5 Å². The van der Waals surface area contributed by atoms with E-state index in [9.17, 15) is 17.2 Å². The van der Waals surface area contributed by atoms with Crippen LogP contribution in [0.1, 0.15) is 39.5 Å². The van der Waals surface area contributed by atoms with Crippen molar-refractivity contribution in [2.45, 2.75) is 44.4 Å². The number of halogens is 2. The van der Waals surface area contributed by atoms with Crippen LogP contribution in [-0.4, -0.2) is 15.0 Å². The minimum Gasteiger partial charge on any atom is -0.394 e. The first kappa shape index (κ1) is 17.8. The molecule has 0 fully saturated rings. The Hall–Kier alpha value is -1.21. The Morgan fingerprint density at radius 1 is 1.29 bits per heavy atom. The summed E-state index contributed by atoms with van der Waals surface area (Å²) < 4.78 is 53.4. The maximum atomic E-state index is 13.8. The zero-order valence-corrected chi connectivity index (χ0v) is 13.1. The van der Waals surface area contributed by atoms with E-state index in [0.29, 0.717) is 0 Å². The molecule has 4 nitrogen and oxygen atoms in total. The number of unbranched alkanes of at least 4 members (excludes halogenated alkanes) is 1. The van der Waals surface area contributed by atoms with Crippen LogP contribution in [0.5, 0.6) is 0 Å². The molecule has 0 aliphatic carbocycles. The van der Waals surface area contributed by atoms with Crippen LogP contribution < -0.4 is 10.5 Å². The number of anilines is 1. The van der Waals surface area contributed by atoms with Gasteiger partial charge in [-0.2, -0.15) is 0 Å². The molecule has 1 unspecified atom stereocenters. The molecule has 1 aromatic rings. The molecule has 0 saturated carbocycles. The van der Waals surface area contributed by atoms with Crippen molar-refractivity contribution < 1.29 is 17.2 Å². The van der Waals surface area contributed by atoms with Crippen LogP contribution in [0.25, 0.3) is 0 Å². The Morgan fingerprint density at radius 2 is 1.95 bits per heavy atom. The van der Waals surface area contributed by atoms with E-state index in [2.05, 4.69) is 11.6 Å². The molecular formula is C14H22F2N2O2S. The maximum absolute atomic E-state index is 13.8. The average molecular weight is 320 g/mol. The van der Waals surface area contributed by atoms with Crippen molar-refractivity contribution in [1.82, 2.24) is 4.72 Å². The van der Waals surface area contributed by atoms with Gasteiger partial charge in [0.1, 0.15) is 16.4 Å². The molecule has 1 atom stereocenters. The van der Waals surface area contributed by atoms with Gasteiger partial charge in [-0.05, 0) is 24.5 Å². The van der Waals surface area contributed by atoms with Crippen molar-refractivity contribution in [1.29, 1.82) is 0 Å². The summed E-state index contributed by atoms with van der Waals surface area (Å²) in [5, 5.41) is 0. The lowest BCUT2D eigenvalue weighted by molar-refractivity contribution is 0.443. The smallest absolute Gasteiger partial charge is 0.243 e. The van der Waals surface area contributed by atoms with Gasteiger partial charge < -0.3 is 5.73 Å². The fourth-order valence-corrected chi connectivity index (χ4v) is 3.21. The molecule has 0 aromatic heterocycles. The molecule has 3 N–H and O–H groups in total. The Morgan fingerprint density at radius 3 is 2.52 bits per heavy atom. The molecule has 0 aliphatic rings. The standard InChI is InChI=1S/C14H22F2N2O2S/c1-3-5-6-10(4-2)9-18-21(19,20)12-8-7-11(15)14(17)13(12)16/h7-8,10,18H,3-6,9,17H2,1-2H3. The second kappa shape index (κ2) is 7.70. The molecule has 0 amide bonds. The molecule has 120 valence electrons. The van der Waals surface area contributed by atoms with Crippen molar-refractivity contribution in [2.75, 3.05) is 12.3 Å². The van der Waals surface area contributed by atoms with Crippen molar-refractivity contribution in [3.05, 3.63) is 23.8 Å². The molecule has 1 aromatic carbocycles. The van der Waals surface area contributed by atoms with Gasteiger partial charge in [0.05, 0.1) is 0 Å². The first-order valence-corrected chi connectivity index (χ1v) is 8.54. The van der Waals surface area contributed by atoms with E-state index in [0.717, 1.165) is 37.8 Å². The Bertz CT molecular complexity index is 577. The summed E-state index contributed by atoms with van der Waals surface area (Å²) >= 11 is 0. The molecule has 0 saturated heterocycles. The Balaban J connectivity index is 2.85. The minimum atomic E-state index is -4.03. The Labute approximate surface area is 124 Å². The molecule has 1 rings (SSSR count). The summed E-state index contributed by atoms with van der Waals surface area (Å²) in [6.45, 7) is 4.27. The fraction of sp³-hybridized carbons (Fsp3) is 0.571. The second-order valence-electron chi connectivity index (χ2n) is 5.04. The summed E-state index contributed by atoms with van der Waals surface area (Å²) in [6, 6.07) is 1.73. The summed E-state index contributed by atoms with van der Waals surface area (Å²) in [4.78, 5) is -0.619. The fourth-order valence-electron chi connectivity index (χ4n) is 2.01. The molecule has 7 heteroatoms. The van der Waals surface area contributed by atoms with Crippen molar-refractivity contribution in [2.24, 2.45) is 5.92 Å². The first-order valence-electron chi connectivity index (χ1n) is 7.06. The zero-order chi connectivity index (χ0) is 16.0. The highest BCUT2D eigenvalue weighted by molar-refractivity contribution is 7.89. The zero-order valence-electron chi connectivity index (χ0n) is 12.3. The lowest BCUT2D eigenvalue weighted by Crippen LogP contribution is -2.30. The van der Waals surface area contributed by atoms with E-state index in [4.69, 9.17) is 5.73 Å². The van der Waals surface area contributed by atoms with E-state index < -0.39 is 32.2 Å². The maximum Gasteiger partial charge on any atom is 0.243 e. The third-order valence-electron chi connectivity index (χ3n) is 3.49. The van der Waals surface area contributed by atoms with Crippen molar-refractivity contribution in [3.63, 3.8) is 0 Å². The number of hydrogen-bond donors (Lipinski definition) is 2. The van der Waals surface area contributed by atoms with Crippen molar-refractivity contribution >= 4 is 15.7 Å². The van der Waals surface area contributed by atoms with Crippen LogP contribution in [0.2, 0.25) is 0 Å². The normalized spacial score (nSPS) is 13.3. The monoisotopic (exact) mass is 320 g/mol. The van der Waals surface area contributed by atoms with Gasteiger partial charge in [0.25, 0.3) is 0 Å². The predicted octanol–water partition coefficient (Wildman–Crippen LogP) is 3.04. The molecule has 0 aliphatic heterocycles. The molecule has 21 heavy (non-hydrogen) atoms. The number of rotatable bonds is 8. The number of nitrogens with one attached hydrogen (secondary N) is 1. The second-order valence-corrected chi connectivity index (χ2v) is 6.78. The summed E-state index contributed by atoms with van der Waals surface area (Å²) in [5.41, 5.74) is 4.40. The first-order chi connectivity index (χ1) is 9.83. The van der Waals surface area contributed by atoms with Gasteiger partial charge >= 0.3 is 0 Å². The van der Waals surface area contributed by atoms with Crippen LogP contribution in [0.15, 0.2) is 17.0 Å². The van der Waals surface area contributed by atoms with Gasteiger partial charge in [-0.25, -0.2) is 21.9 Å². The third kappa shape index (κ3) is 4.64. The lowest BCUT2D eigenvalue weighted by Gasteiger charge is -2.16. The van der Waals surface area contributed by atoms with E-state index in [1.807, 2.05) is 6.92 Å². The lowest BCUT2D eigenvalue weighted by atomic mass is 10.00. The summed E-state index contributed by atoms with van der Waals surface area (Å²) in [7, 11) is -4.03. The molecule has 0 spiro atoms. The number of nitrogens with two attached hydrogens (primary N) is 1. The SMILES string of the molecule is CCCCC(CC)CNS(=O)(=O)c1ccc(F)c(N)c1F. The summed E-state index contributed by atoms with van der Waals surface area (Å²) in [6.07, 6.45) is 3.78. The summed E-state index contributed by atoms with van der Waals surface area (Å²) in [5.74, 6) is -2.02. The average Bonchev–Trinajstić information content (AvgIpc) is 2.44. The molecule has 0 heterocycles. The van der Waals surface area contributed by atoms with Gasteiger partial charge in [-0.3, -0.25) is 0 Å². The van der Waals surface area contributed by atoms with Gasteiger partial charge in [-0.1, -0.05) is 33.1 Å². The van der Waals surface area contributed by atoms with Crippen molar-refractivity contribution in [3.8, 4) is 0 Å². The highest BCUT2D eigenvalue weighted by atomic mass is 32.2. The van der Waals surface area contributed by atoms with Gasteiger partial charge in [-0.15, -0.1) is 0 Å². The minimum absolute atomic E-state index is 0.195. The largest absolute Gasteiger partial charge is 0.394 e. The van der Waals surface area contributed by atoms with Gasteiger partial charge in [0.2, 0.25) is 10.0 Å². The topological polar surface area (TPSA) is 72.2 Å². The molecule has 0 bridgehead atoms. The van der Waals surface area contributed by atoms with Gasteiger partial charge in [0, 0.05) is 6.54 Å². The molecule has 0 radical (unpaired) electrons. The van der Waals surface area contributed by atoms with Crippen LogP contribution in [0.3, 0.4) is 0 Å². The number of sulfonamides is 1. The van der Waals surface area contributed by atoms with Crippen LogP contribution in [0, 0.1) is 17.6 Å². The Kier molecular flexibility index (Phi) is 6.54. The van der Waals surface area contributed by atoms with Crippen LogP contribution >= 0.6 is 0 Å². The molecular weight excluding hydrogens is 298 g/mol. The number of nitrogen functional groups attached to an aromatic ring is 1. The van der Waals surface area contributed by atoms with Gasteiger partial charge in [0.15, 0.2) is 5.82 Å². The quantitative estimate of drug-likeness (QED) is 0.723. The number of benzene rings is 1. The highest BCUT2D eigenvalue weighted by Crippen LogP contribution is 2.23. The van der Waals surface area contributed by atoms with Crippen LogP contribution in [0.4, 0.5) is 14.5 Å². The van der Waals surface area contributed by atoms with E-state index in [1.54, 1.807) is 0 Å². The highest BCUT2D eigenvalue weighted by Gasteiger charge is 2.23. The van der Waals surface area contributed by atoms with Crippen LogP contribution in [-0.2, 0) is 10.0 Å². The van der Waals surface area contributed by atoms with E-state index >= 15 is 0 Å². The number of hydrogen-bond acceptors (Lipinski definition) is 3. The predicted molar refractivity (Wildman–Crippen MR) is 79.3 cm³/mol. The van der Waals surface area contributed by atoms with E-state index in [1.165, 1.54) is 0 Å².